The van der Waals surface area contributed by atoms with Gasteiger partial charge in [0.15, 0.2) is 0 Å². The molecule has 29 heavy (non-hydrogen) atoms. The highest BCUT2D eigenvalue weighted by Gasteiger charge is 2.20. The van der Waals surface area contributed by atoms with Crippen LogP contribution in [0.5, 0.6) is 0 Å². The molecule has 0 fully saturated rings. The molecule has 1 aromatic heterocycles. The van der Waals surface area contributed by atoms with E-state index in [2.05, 4.69) is 0 Å². The summed E-state index contributed by atoms with van der Waals surface area (Å²) in [5, 5.41) is 1.63. The molecule has 0 aliphatic carbocycles. The molecule has 3 aromatic carbocycles. The first-order chi connectivity index (χ1) is 13.8. The molecule has 0 aliphatic heterocycles. The summed E-state index contributed by atoms with van der Waals surface area (Å²) in [5.74, 6) is 0. The number of halogens is 2. The number of fused-ring (bicyclic) bond motifs is 1. The zero-order valence-electron chi connectivity index (χ0n) is 15.3. The van der Waals surface area contributed by atoms with Crippen molar-refractivity contribution in [2.24, 2.45) is 7.05 Å². The maximum absolute atomic E-state index is 13.1. The lowest BCUT2D eigenvalue weighted by atomic mass is 10.0. The second kappa shape index (κ2) is 7.34. The molecule has 0 atom stereocenters. The van der Waals surface area contributed by atoms with Crippen molar-refractivity contribution < 1.29 is 8.42 Å². The second-order valence-electron chi connectivity index (χ2n) is 6.60. The molecule has 0 saturated carbocycles. The van der Waals surface area contributed by atoms with Gasteiger partial charge in [0, 0.05) is 28.5 Å². The minimum atomic E-state index is -3.75. The van der Waals surface area contributed by atoms with E-state index in [1.54, 1.807) is 37.4 Å². The first kappa shape index (κ1) is 19.7. The van der Waals surface area contributed by atoms with Gasteiger partial charge in [-0.1, -0.05) is 35.3 Å². The zero-order chi connectivity index (χ0) is 20.8. The van der Waals surface area contributed by atoms with E-state index in [1.807, 2.05) is 6.07 Å². The van der Waals surface area contributed by atoms with Gasteiger partial charge in [0.1, 0.15) is 0 Å². The highest BCUT2D eigenvalue weighted by Crippen LogP contribution is 2.32. The van der Waals surface area contributed by atoms with E-state index in [4.69, 9.17) is 23.2 Å². The zero-order valence-corrected chi connectivity index (χ0v) is 17.6. The lowest BCUT2D eigenvalue weighted by molar-refractivity contribution is 0.596. The average Bonchev–Trinajstić information content (AvgIpc) is 2.70. The van der Waals surface area contributed by atoms with E-state index >= 15 is 0 Å². The fourth-order valence-electron chi connectivity index (χ4n) is 3.25. The Kier molecular flexibility index (Phi) is 4.99. The number of aromatic nitrogens is 1. The fraction of sp³-hybridized carbons (Fsp3) is 0.0455. The Morgan fingerprint density at radius 2 is 1.48 bits per heavy atom. The second-order valence-corrected chi connectivity index (χ2v) is 9.42. The van der Waals surface area contributed by atoms with Crippen LogP contribution in [0, 0.1) is 0 Å². The van der Waals surface area contributed by atoms with Gasteiger partial charge in [-0.25, -0.2) is 8.42 Å². The topological polar surface area (TPSA) is 56.1 Å². The van der Waals surface area contributed by atoms with Crippen LogP contribution in [0.2, 0.25) is 10.0 Å². The molecule has 0 aliphatic rings. The van der Waals surface area contributed by atoms with Crippen LogP contribution < -0.4 is 5.56 Å². The molecule has 4 nitrogen and oxygen atoms in total. The maximum atomic E-state index is 13.1. The number of hydrogen-bond acceptors (Lipinski definition) is 3. The summed E-state index contributed by atoms with van der Waals surface area (Å²) < 4.78 is 27.7. The molecule has 146 valence electrons. The first-order valence-electron chi connectivity index (χ1n) is 8.68. The Morgan fingerprint density at radius 1 is 0.793 bits per heavy atom. The quantitative estimate of drug-likeness (QED) is 0.428. The summed E-state index contributed by atoms with van der Waals surface area (Å²) in [4.78, 5) is 12.7. The molecule has 0 bridgehead atoms. The predicted molar refractivity (Wildman–Crippen MR) is 117 cm³/mol. The van der Waals surface area contributed by atoms with Crippen molar-refractivity contribution in [2.45, 2.75) is 9.79 Å². The van der Waals surface area contributed by atoms with E-state index in [-0.39, 0.29) is 15.4 Å². The fourth-order valence-corrected chi connectivity index (χ4v) is 4.85. The molecule has 0 saturated heterocycles. The number of aryl methyl sites for hydroxylation is 1. The van der Waals surface area contributed by atoms with Crippen molar-refractivity contribution in [3.05, 3.63) is 93.2 Å². The van der Waals surface area contributed by atoms with Crippen LogP contribution in [-0.2, 0) is 16.9 Å². The van der Waals surface area contributed by atoms with Crippen LogP contribution in [0.25, 0.3) is 22.0 Å². The van der Waals surface area contributed by atoms with Crippen molar-refractivity contribution in [2.75, 3.05) is 0 Å². The predicted octanol–water partition coefficient (Wildman–Crippen LogP) is 5.35. The van der Waals surface area contributed by atoms with Crippen molar-refractivity contribution in [3.8, 4) is 11.1 Å². The average molecular weight is 444 g/mol. The van der Waals surface area contributed by atoms with Crippen molar-refractivity contribution in [1.82, 2.24) is 4.57 Å². The van der Waals surface area contributed by atoms with E-state index in [0.29, 0.717) is 26.5 Å². The molecule has 4 aromatic rings. The Hall–Kier alpha value is -2.60. The Bertz CT molecular complexity index is 1410. The van der Waals surface area contributed by atoms with E-state index in [1.165, 1.54) is 41.0 Å². The third-order valence-electron chi connectivity index (χ3n) is 4.79. The molecular formula is C22H15Cl2NO3S. The number of nitrogens with zero attached hydrogens (tertiary/aromatic N) is 1. The smallest absolute Gasteiger partial charge is 0.251 e. The van der Waals surface area contributed by atoms with Crippen molar-refractivity contribution in [1.29, 1.82) is 0 Å². The molecule has 1 heterocycles. The van der Waals surface area contributed by atoms with Crippen LogP contribution in [0.1, 0.15) is 0 Å². The molecule has 4 rings (SSSR count). The largest absolute Gasteiger partial charge is 0.311 e. The van der Waals surface area contributed by atoms with Crippen LogP contribution in [-0.4, -0.2) is 13.0 Å². The highest BCUT2D eigenvalue weighted by atomic mass is 35.5. The van der Waals surface area contributed by atoms with Gasteiger partial charge < -0.3 is 4.57 Å². The van der Waals surface area contributed by atoms with Gasteiger partial charge in [-0.3, -0.25) is 4.79 Å². The monoisotopic (exact) mass is 443 g/mol. The SMILES string of the molecule is Cn1c(=O)cc(-c2cccc(Cl)c2)c2cc(S(=O)(=O)c3ccc(Cl)cc3)ccc21. The molecule has 7 heteroatoms. The van der Waals surface area contributed by atoms with Crippen LogP contribution in [0.15, 0.2) is 87.4 Å². The number of sulfone groups is 1. The summed E-state index contributed by atoms with van der Waals surface area (Å²) in [6, 6.07) is 19.4. The molecule has 0 spiro atoms. The summed E-state index contributed by atoms with van der Waals surface area (Å²) >= 11 is 12.0. The molecule has 0 radical (unpaired) electrons. The van der Waals surface area contributed by atoms with Gasteiger partial charge in [0.05, 0.1) is 15.3 Å². The normalized spacial score (nSPS) is 11.7. The summed E-state index contributed by atoms with van der Waals surface area (Å²) in [6.07, 6.45) is 0. The highest BCUT2D eigenvalue weighted by molar-refractivity contribution is 7.91. The van der Waals surface area contributed by atoms with Gasteiger partial charge in [-0.05, 0) is 65.7 Å². The third kappa shape index (κ3) is 3.57. The van der Waals surface area contributed by atoms with Gasteiger partial charge in [-0.15, -0.1) is 0 Å². The number of benzene rings is 3. The summed E-state index contributed by atoms with van der Waals surface area (Å²) in [7, 11) is -2.10. The van der Waals surface area contributed by atoms with Crippen LogP contribution >= 0.6 is 23.2 Å². The summed E-state index contributed by atoms with van der Waals surface area (Å²) in [5.41, 5.74) is 1.79. The Balaban J connectivity index is 2.00. The third-order valence-corrected chi connectivity index (χ3v) is 7.04. The first-order valence-corrected chi connectivity index (χ1v) is 10.9. The number of rotatable bonds is 3. The van der Waals surface area contributed by atoms with Gasteiger partial charge in [0.2, 0.25) is 9.84 Å². The van der Waals surface area contributed by atoms with Crippen molar-refractivity contribution in [3.63, 3.8) is 0 Å². The molecule has 0 amide bonds. The Labute approximate surface area is 177 Å². The van der Waals surface area contributed by atoms with Crippen LogP contribution in [0.4, 0.5) is 0 Å². The minimum absolute atomic E-state index is 0.134. The lowest BCUT2D eigenvalue weighted by Crippen LogP contribution is -2.16. The van der Waals surface area contributed by atoms with E-state index < -0.39 is 9.84 Å². The van der Waals surface area contributed by atoms with Gasteiger partial charge >= 0.3 is 0 Å². The molecular weight excluding hydrogens is 429 g/mol. The molecule has 0 N–H and O–H groups in total. The minimum Gasteiger partial charge on any atom is -0.311 e. The maximum Gasteiger partial charge on any atom is 0.251 e. The van der Waals surface area contributed by atoms with E-state index in [0.717, 1.165) is 5.56 Å². The summed E-state index contributed by atoms with van der Waals surface area (Å²) in [6.45, 7) is 0. The van der Waals surface area contributed by atoms with Crippen LogP contribution in [0.3, 0.4) is 0 Å². The lowest BCUT2D eigenvalue weighted by Gasteiger charge is -2.13. The number of pyridine rings is 1. The Morgan fingerprint density at radius 3 is 2.17 bits per heavy atom. The van der Waals surface area contributed by atoms with E-state index in [9.17, 15) is 13.2 Å². The standard InChI is InChI=1S/C22H15Cl2NO3S/c1-25-21-10-9-18(29(27,28)17-7-5-15(23)6-8-17)12-20(21)19(13-22(25)26)14-3-2-4-16(24)11-14/h2-13H,1H3. The van der Waals surface area contributed by atoms with Crippen molar-refractivity contribution >= 4 is 43.9 Å². The molecule has 0 unspecified atom stereocenters. The number of hydrogen-bond donors (Lipinski definition) is 0. The van der Waals surface area contributed by atoms with Gasteiger partial charge in [0.25, 0.3) is 5.56 Å². The van der Waals surface area contributed by atoms with Gasteiger partial charge in [-0.2, -0.15) is 0 Å².